The molecule has 0 atom stereocenters. The summed E-state index contributed by atoms with van der Waals surface area (Å²) < 4.78 is 27.4. The zero-order valence-corrected chi connectivity index (χ0v) is 17.4. The molecule has 0 saturated heterocycles. The molecule has 1 amide bonds. The quantitative estimate of drug-likeness (QED) is 0.690. The van der Waals surface area contributed by atoms with Gasteiger partial charge in [0.1, 0.15) is 0 Å². The van der Waals surface area contributed by atoms with Gasteiger partial charge in [-0.05, 0) is 37.6 Å². The zero-order valence-electron chi connectivity index (χ0n) is 16.6. The number of fused-ring (bicyclic) bond motifs is 1. The van der Waals surface area contributed by atoms with Gasteiger partial charge >= 0.3 is 0 Å². The lowest BCUT2D eigenvalue weighted by Crippen LogP contribution is -2.27. The molecule has 0 bridgehead atoms. The molecule has 0 spiro atoms. The SMILES string of the molecule is CCn1nc(C(=O)Nc2ccc(C)c(S(=O)(=O)N(C)C)c2)c2ccccc2c1=O. The Kier molecular flexibility index (Phi) is 5.54. The molecule has 1 heterocycles. The molecule has 8 nitrogen and oxygen atoms in total. The molecule has 1 aromatic heterocycles. The number of carbonyl (C=O) groups excluding carboxylic acids is 1. The number of aryl methyl sites for hydroxylation is 2. The van der Waals surface area contributed by atoms with Crippen LogP contribution in [0, 0.1) is 6.92 Å². The molecule has 3 rings (SSSR count). The molecule has 0 radical (unpaired) electrons. The Bertz CT molecular complexity index is 1260. The molecule has 0 aliphatic carbocycles. The number of amides is 1. The first kappa shape index (κ1) is 20.7. The molecule has 0 aliphatic rings. The van der Waals surface area contributed by atoms with Crippen molar-refractivity contribution in [1.82, 2.24) is 14.1 Å². The highest BCUT2D eigenvalue weighted by atomic mass is 32.2. The van der Waals surface area contributed by atoms with Crippen molar-refractivity contribution in [1.29, 1.82) is 0 Å². The number of rotatable bonds is 5. The molecular weight excluding hydrogens is 392 g/mol. The van der Waals surface area contributed by atoms with Gasteiger partial charge in [0, 0.05) is 31.7 Å². The Morgan fingerprint density at radius 2 is 1.79 bits per heavy atom. The largest absolute Gasteiger partial charge is 0.321 e. The standard InChI is InChI=1S/C20H22N4O4S/c1-5-24-20(26)16-9-7-6-8-15(16)18(22-24)19(25)21-14-11-10-13(2)17(12-14)29(27,28)23(3)4/h6-12H,5H2,1-4H3,(H,21,25). The first-order valence-corrected chi connectivity index (χ1v) is 10.4. The number of hydrogen-bond donors (Lipinski definition) is 1. The maximum Gasteiger partial charge on any atom is 0.276 e. The molecule has 0 saturated carbocycles. The maximum absolute atomic E-state index is 12.9. The van der Waals surface area contributed by atoms with Gasteiger partial charge in [-0.2, -0.15) is 5.10 Å². The van der Waals surface area contributed by atoms with Crippen molar-refractivity contribution in [3.63, 3.8) is 0 Å². The van der Waals surface area contributed by atoms with Gasteiger partial charge in [0.15, 0.2) is 5.69 Å². The van der Waals surface area contributed by atoms with Crippen molar-refractivity contribution in [2.45, 2.75) is 25.3 Å². The summed E-state index contributed by atoms with van der Waals surface area (Å²) in [6.07, 6.45) is 0. The number of sulfonamides is 1. The fraction of sp³-hybridized carbons (Fsp3) is 0.250. The summed E-state index contributed by atoms with van der Waals surface area (Å²) >= 11 is 0. The molecule has 0 aliphatic heterocycles. The fourth-order valence-corrected chi connectivity index (χ4v) is 4.10. The Morgan fingerprint density at radius 1 is 1.14 bits per heavy atom. The Morgan fingerprint density at radius 3 is 2.41 bits per heavy atom. The van der Waals surface area contributed by atoms with Crippen LogP contribution in [0.2, 0.25) is 0 Å². The molecule has 2 aromatic carbocycles. The highest BCUT2D eigenvalue weighted by Crippen LogP contribution is 2.23. The van der Waals surface area contributed by atoms with Crippen LogP contribution in [0.5, 0.6) is 0 Å². The van der Waals surface area contributed by atoms with Crippen molar-refractivity contribution in [3.8, 4) is 0 Å². The van der Waals surface area contributed by atoms with Gasteiger partial charge in [-0.25, -0.2) is 17.4 Å². The lowest BCUT2D eigenvalue weighted by Gasteiger charge is -2.15. The Labute approximate surface area is 168 Å². The number of carbonyl (C=O) groups is 1. The van der Waals surface area contributed by atoms with E-state index in [-0.39, 0.29) is 16.1 Å². The van der Waals surface area contributed by atoms with Crippen molar-refractivity contribution >= 4 is 32.4 Å². The minimum Gasteiger partial charge on any atom is -0.321 e. The average molecular weight is 414 g/mol. The van der Waals surface area contributed by atoms with Gasteiger partial charge in [0.2, 0.25) is 10.0 Å². The molecule has 0 unspecified atom stereocenters. The monoisotopic (exact) mass is 414 g/mol. The van der Waals surface area contributed by atoms with Gasteiger partial charge in [-0.1, -0.05) is 24.3 Å². The van der Waals surface area contributed by atoms with E-state index in [1.54, 1.807) is 50.2 Å². The molecule has 152 valence electrons. The Hall–Kier alpha value is -3.04. The second kappa shape index (κ2) is 7.76. The van der Waals surface area contributed by atoms with Gasteiger partial charge < -0.3 is 5.32 Å². The van der Waals surface area contributed by atoms with E-state index in [1.807, 2.05) is 0 Å². The first-order chi connectivity index (χ1) is 13.7. The van der Waals surface area contributed by atoms with Crippen LogP contribution in [0.25, 0.3) is 10.8 Å². The van der Waals surface area contributed by atoms with Crippen LogP contribution in [0.3, 0.4) is 0 Å². The number of anilines is 1. The van der Waals surface area contributed by atoms with Crippen molar-refractivity contribution < 1.29 is 13.2 Å². The average Bonchev–Trinajstić information content (AvgIpc) is 2.69. The van der Waals surface area contributed by atoms with E-state index >= 15 is 0 Å². The van der Waals surface area contributed by atoms with Crippen molar-refractivity contribution in [3.05, 3.63) is 64.1 Å². The third-order valence-corrected chi connectivity index (χ3v) is 6.54. The van der Waals surface area contributed by atoms with Gasteiger partial charge in [-0.15, -0.1) is 0 Å². The fourth-order valence-electron chi connectivity index (χ4n) is 2.96. The summed E-state index contributed by atoms with van der Waals surface area (Å²) in [5.74, 6) is -0.527. The van der Waals surface area contributed by atoms with E-state index in [0.717, 1.165) is 4.31 Å². The summed E-state index contributed by atoms with van der Waals surface area (Å²) in [4.78, 5) is 25.5. The van der Waals surface area contributed by atoms with E-state index in [0.29, 0.717) is 28.6 Å². The van der Waals surface area contributed by atoms with Crippen LogP contribution in [-0.2, 0) is 16.6 Å². The third kappa shape index (κ3) is 3.79. The van der Waals surface area contributed by atoms with Crippen molar-refractivity contribution in [2.24, 2.45) is 0 Å². The normalized spacial score (nSPS) is 11.8. The lowest BCUT2D eigenvalue weighted by atomic mass is 10.1. The number of aromatic nitrogens is 2. The van der Waals surface area contributed by atoms with Crippen molar-refractivity contribution in [2.75, 3.05) is 19.4 Å². The summed E-state index contributed by atoms with van der Waals surface area (Å²) in [6, 6.07) is 11.4. The van der Waals surface area contributed by atoms with E-state index in [1.165, 1.54) is 24.8 Å². The lowest BCUT2D eigenvalue weighted by molar-refractivity contribution is 0.102. The van der Waals surface area contributed by atoms with Gasteiger partial charge in [0.05, 0.1) is 10.3 Å². The van der Waals surface area contributed by atoms with Crippen LogP contribution in [0.4, 0.5) is 5.69 Å². The van der Waals surface area contributed by atoms with E-state index in [4.69, 9.17) is 0 Å². The number of nitrogens with zero attached hydrogens (tertiary/aromatic N) is 3. The molecule has 3 aromatic rings. The molecule has 29 heavy (non-hydrogen) atoms. The second-order valence-corrected chi connectivity index (χ2v) is 8.86. The predicted octanol–water partition coefficient (Wildman–Crippen LogP) is 2.23. The van der Waals surface area contributed by atoms with E-state index < -0.39 is 15.9 Å². The van der Waals surface area contributed by atoms with Crippen LogP contribution in [0.15, 0.2) is 52.2 Å². The summed E-state index contributed by atoms with van der Waals surface area (Å²) in [5.41, 5.74) is 0.718. The first-order valence-electron chi connectivity index (χ1n) is 9.01. The van der Waals surface area contributed by atoms with Gasteiger partial charge in [0.25, 0.3) is 11.5 Å². The summed E-state index contributed by atoms with van der Waals surface area (Å²) in [6.45, 7) is 3.77. The third-order valence-electron chi connectivity index (χ3n) is 4.59. The number of hydrogen-bond acceptors (Lipinski definition) is 5. The highest BCUT2D eigenvalue weighted by Gasteiger charge is 2.21. The maximum atomic E-state index is 12.9. The smallest absolute Gasteiger partial charge is 0.276 e. The van der Waals surface area contributed by atoms with Crippen LogP contribution < -0.4 is 10.9 Å². The minimum atomic E-state index is -3.66. The second-order valence-electron chi connectivity index (χ2n) is 6.74. The molecule has 0 fully saturated rings. The van der Waals surface area contributed by atoms with Crippen LogP contribution >= 0.6 is 0 Å². The molecule has 1 N–H and O–H groups in total. The van der Waals surface area contributed by atoms with E-state index in [9.17, 15) is 18.0 Å². The van der Waals surface area contributed by atoms with Gasteiger partial charge in [-0.3, -0.25) is 9.59 Å². The number of benzene rings is 2. The summed E-state index contributed by atoms with van der Waals surface area (Å²) in [5, 5.41) is 7.73. The molecule has 9 heteroatoms. The summed E-state index contributed by atoms with van der Waals surface area (Å²) in [7, 11) is -0.764. The van der Waals surface area contributed by atoms with E-state index in [2.05, 4.69) is 10.4 Å². The van der Waals surface area contributed by atoms with Crippen LogP contribution in [0.1, 0.15) is 23.0 Å². The number of nitrogens with one attached hydrogen (secondary N) is 1. The predicted molar refractivity (Wildman–Crippen MR) is 112 cm³/mol. The Balaban J connectivity index is 2.07. The minimum absolute atomic E-state index is 0.0969. The van der Waals surface area contributed by atoms with Crippen LogP contribution in [-0.4, -0.2) is 42.5 Å². The topological polar surface area (TPSA) is 101 Å². The zero-order chi connectivity index (χ0) is 21.3. The molecular formula is C20H22N4O4S. The highest BCUT2D eigenvalue weighted by molar-refractivity contribution is 7.89.